The summed E-state index contributed by atoms with van der Waals surface area (Å²) in [6, 6.07) is 1.56. The van der Waals surface area contributed by atoms with Crippen molar-refractivity contribution in [2.75, 3.05) is 44.2 Å². The summed E-state index contributed by atoms with van der Waals surface area (Å²) in [4.78, 5) is 27.4. The number of anilines is 1. The number of H-pyrrole nitrogens is 1. The van der Waals surface area contributed by atoms with E-state index in [1.165, 1.54) is 0 Å². The van der Waals surface area contributed by atoms with Crippen molar-refractivity contribution in [3.05, 3.63) is 21.6 Å². The zero-order valence-corrected chi connectivity index (χ0v) is 13.4. The lowest BCUT2D eigenvalue weighted by Crippen LogP contribution is -2.49. The van der Waals surface area contributed by atoms with Crippen molar-refractivity contribution in [3.63, 3.8) is 0 Å². The molecular formula is C14H21ClN4O3. The molecule has 7 nitrogen and oxygen atoms in total. The Morgan fingerprint density at radius 1 is 1.41 bits per heavy atom. The number of hydrogen-bond acceptors (Lipinski definition) is 6. The molecule has 1 fully saturated rings. The number of carbonyl (C=O) groups is 1. The fourth-order valence-electron chi connectivity index (χ4n) is 2.31. The number of piperazine rings is 1. The van der Waals surface area contributed by atoms with Gasteiger partial charge in [0.05, 0.1) is 13.2 Å². The summed E-state index contributed by atoms with van der Waals surface area (Å²) in [6.45, 7) is 5.55. The highest BCUT2D eigenvalue weighted by Crippen LogP contribution is 2.14. The first-order chi connectivity index (χ1) is 10.6. The molecule has 8 heteroatoms. The lowest BCUT2D eigenvalue weighted by molar-refractivity contribution is -0.145. The summed E-state index contributed by atoms with van der Waals surface area (Å²) in [5, 5.41) is 6.29. The van der Waals surface area contributed by atoms with Gasteiger partial charge in [-0.1, -0.05) is 24.9 Å². The van der Waals surface area contributed by atoms with Crippen LogP contribution >= 0.6 is 11.6 Å². The zero-order chi connectivity index (χ0) is 15.9. The van der Waals surface area contributed by atoms with Crippen molar-refractivity contribution in [1.29, 1.82) is 0 Å². The highest BCUT2D eigenvalue weighted by Gasteiger charge is 2.21. The summed E-state index contributed by atoms with van der Waals surface area (Å²) in [7, 11) is 0. The number of halogens is 1. The average Bonchev–Trinajstić information content (AvgIpc) is 2.51. The molecule has 1 aromatic rings. The van der Waals surface area contributed by atoms with Crippen molar-refractivity contribution in [3.8, 4) is 0 Å². The Labute approximate surface area is 134 Å². The smallest absolute Gasteiger partial charge is 0.320 e. The first kappa shape index (κ1) is 16.8. The first-order valence-electron chi connectivity index (χ1n) is 7.48. The van der Waals surface area contributed by atoms with Gasteiger partial charge in [-0.15, -0.1) is 0 Å². The number of hydrogen-bond donors (Lipinski definition) is 1. The number of esters is 1. The van der Waals surface area contributed by atoms with Gasteiger partial charge < -0.3 is 9.64 Å². The minimum Gasteiger partial charge on any atom is -0.465 e. The number of rotatable bonds is 6. The van der Waals surface area contributed by atoms with E-state index < -0.39 is 0 Å². The standard InChI is InChI=1S/C14H21ClN4O3/c1-2-3-8-22-13(20)10-18-4-6-19(7-5-18)11-9-12(15)16-17-14(11)21/h9H,2-8,10H2,1H3,(H,17,21). The van der Waals surface area contributed by atoms with Gasteiger partial charge in [0.2, 0.25) is 0 Å². The van der Waals surface area contributed by atoms with E-state index in [0.29, 0.717) is 45.0 Å². The molecule has 0 aliphatic carbocycles. The van der Waals surface area contributed by atoms with Crippen LogP contribution in [0.5, 0.6) is 0 Å². The molecule has 22 heavy (non-hydrogen) atoms. The second kappa shape index (κ2) is 8.14. The Hall–Kier alpha value is -1.60. The van der Waals surface area contributed by atoms with E-state index in [1.807, 2.05) is 9.80 Å². The Morgan fingerprint density at radius 2 is 2.14 bits per heavy atom. The first-order valence-corrected chi connectivity index (χ1v) is 7.86. The van der Waals surface area contributed by atoms with Crippen molar-refractivity contribution in [1.82, 2.24) is 15.1 Å². The molecule has 0 radical (unpaired) electrons. The molecule has 0 aromatic carbocycles. The fourth-order valence-corrected chi connectivity index (χ4v) is 2.46. The molecule has 0 bridgehead atoms. The predicted molar refractivity (Wildman–Crippen MR) is 84.4 cm³/mol. The van der Waals surface area contributed by atoms with Gasteiger partial charge in [-0.25, -0.2) is 5.10 Å². The zero-order valence-electron chi connectivity index (χ0n) is 12.7. The van der Waals surface area contributed by atoms with Gasteiger partial charge in [-0.05, 0) is 6.42 Å². The second-order valence-electron chi connectivity index (χ2n) is 5.24. The fraction of sp³-hybridized carbons (Fsp3) is 0.643. The predicted octanol–water partition coefficient (Wildman–Crippen LogP) is 0.889. The Morgan fingerprint density at radius 3 is 2.82 bits per heavy atom. The molecule has 1 saturated heterocycles. The highest BCUT2D eigenvalue weighted by atomic mass is 35.5. The summed E-state index contributed by atoms with van der Waals surface area (Å²) >= 11 is 5.81. The molecule has 1 aromatic heterocycles. The Balaban J connectivity index is 1.81. The number of aromatic nitrogens is 2. The van der Waals surface area contributed by atoms with Crippen LogP contribution in [0.4, 0.5) is 5.69 Å². The topological polar surface area (TPSA) is 78.5 Å². The molecule has 0 atom stereocenters. The van der Waals surface area contributed by atoms with Crippen molar-refractivity contribution in [2.24, 2.45) is 0 Å². The SMILES string of the molecule is CCCCOC(=O)CN1CCN(c2cc(Cl)n[nH]c2=O)CC1. The van der Waals surface area contributed by atoms with Gasteiger partial charge in [0.1, 0.15) is 5.69 Å². The maximum absolute atomic E-state index is 11.8. The molecule has 1 N–H and O–H groups in total. The summed E-state index contributed by atoms with van der Waals surface area (Å²) in [5.74, 6) is -0.188. The third kappa shape index (κ3) is 4.71. The molecule has 122 valence electrons. The average molecular weight is 329 g/mol. The van der Waals surface area contributed by atoms with Crippen LogP contribution in [-0.2, 0) is 9.53 Å². The minimum atomic E-state index is -0.253. The van der Waals surface area contributed by atoms with Gasteiger partial charge in [-0.2, -0.15) is 5.10 Å². The van der Waals surface area contributed by atoms with Crippen LogP contribution in [0.3, 0.4) is 0 Å². The number of ether oxygens (including phenoxy) is 1. The normalized spacial score (nSPS) is 15.8. The number of nitrogens with zero attached hydrogens (tertiary/aromatic N) is 3. The highest BCUT2D eigenvalue weighted by molar-refractivity contribution is 6.29. The van der Waals surface area contributed by atoms with E-state index in [0.717, 1.165) is 12.8 Å². The number of aromatic amines is 1. The van der Waals surface area contributed by atoms with Gasteiger partial charge >= 0.3 is 5.97 Å². The molecule has 0 spiro atoms. The van der Waals surface area contributed by atoms with Crippen LogP contribution in [0, 0.1) is 0 Å². The van der Waals surface area contributed by atoms with Crippen LogP contribution in [-0.4, -0.2) is 60.4 Å². The largest absolute Gasteiger partial charge is 0.465 e. The molecule has 1 aliphatic heterocycles. The molecule has 2 rings (SSSR count). The third-order valence-corrected chi connectivity index (χ3v) is 3.77. The van der Waals surface area contributed by atoms with Crippen LogP contribution in [0.15, 0.2) is 10.9 Å². The van der Waals surface area contributed by atoms with Crippen LogP contribution in [0.25, 0.3) is 0 Å². The Bertz CT molecular complexity index is 555. The van der Waals surface area contributed by atoms with Crippen molar-refractivity contribution >= 4 is 23.3 Å². The molecule has 0 unspecified atom stereocenters. The maximum atomic E-state index is 11.8. The van der Waals surface area contributed by atoms with E-state index in [9.17, 15) is 9.59 Å². The van der Waals surface area contributed by atoms with E-state index in [4.69, 9.17) is 16.3 Å². The lowest BCUT2D eigenvalue weighted by Gasteiger charge is -2.34. The molecule has 1 aliphatic rings. The number of nitrogens with one attached hydrogen (secondary N) is 1. The number of carbonyl (C=O) groups excluding carboxylic acids is 1. The van der Waals surface area contributed by atoms with E-state index in [1.54, 1.807) is 6.07 Å². The van der Waals surface area contributed by atoms with E-state index >= 15 is 0 Å². The quantitative estimate of drug-likeness (QED) is 0.617. The molecule has 0 amide bonds. The van der Waals surface area contributed by atoms with Crippen LogP contribution in [0.1, 0.15) is 19.8 Å². The molecular weight excluding hydrogens is 308 g/mol. The third-order valence-electron chi connectivity index (χ3n) is 3.58. The monoisotopic (exact) mass is 328 g/mol. The van der Waals surface area contributed by atoms with E-state index in [-0.39, 0.29) is 16.7 Å². The summed E-state index contributed by atoms with van der Waals surface area (Å²) in [6.07, 6.45) is 1.90. The van der Waals surface area contributed by atoms with Crippen LogP contribution in [0.2, 0.25) is 5.15 Å². The lowest BCUT2D eigenvalue weighted by atomic mass is 10.3. The summed E-state index contributed by atoms with van der Waals surface area (Å²) < 4.78 is 5.16. The molecule has 0 saturated carbocycles. The molecule has 2 heterocycles. The van der Waals surface area contributed by atoms with Crippen molar-refractivity contribution in [2.45, 2.75) is 19.8 Å². The summed E-state index contributed by atoms with van der Waals surface area (Å²) in [5.41, 5.74) is 0.266. The van der Waals surface area contributed by atoms with Gasteiger partial charge in [-0.3, -0.25) is 14.5 Å². The van der Waals surface area contributed by atoms with Gasteiger partial charge in [0, 0.05) is 32.2 Å². The number of unbranched alkanes of at least 4 members (excludes halogenated alkanes) is 1. The Kier molecular flexibility index (Phi) is 6.21. The second-order valence-corrected chi connectivity index (χ2v) is 5.63. The van der Waals surface area contributed by atoms with Crippen molar-refractivity contribution < 1.29 is 9.53 Å². The maximum Gasteiger partial charge on any atom is 0.320 e. The minimum absolute atomic E-state index is 0.188. The van der Waals surface area contributed by atoms with E-state index in [2.05, 4.69) is 17.1 Å². The van der Waals surface area contributed by atoms with Crippen LogP contribution < -0.4 is 10.5 Å². The van der Waals surface area contributed by atoms with Gasteiger partial charge in [0.25, 0.3) is 5.56 Å². The van der Waals surface area contributed by atoms with Gasteiger partial charge in [0.15, 0.2) is 5.15 Å².